The van der Waals surface area contributed by atoms with Gasteiger partial charge in [-0.2, -0.15) is 0 Å². The number of halogens is 1. The van der Waals surface area contributed by atoms with Crippen molar-refractivity contribution in [2.45, 2.75) is 13.3 Å². The molecule has 0 atom stereocenters. The van der Waals surface area contributed by atoms with Crippen LogP contribution in [0.4, 0.5) is 5.69 Å². The number of aromatic nitrogens is 3. The van der Waals surface area contributed by atoms with Crippen LogP contribution < -0.4 is 5.32 Å². The third-order valence-corrected chi connectivity index (χ3v) is 4.30. The van der Waals surface area contributed by atoms with E-state index in [1.54, 1.807) is 6.20 Å². The van der Waals surface area contributed by atoms with Gasteiger partial charge >= 0.3 is 0 Å². The third-order valence-electron chi connectivity index (χ3n) is 3.98. The lowest BCUT2D eigenvalue weighted by atomic mass is 9.99. The number of nitrogens with one attached hydrogen (secondary N) is 1. The summed E-state index contributed by atoms with van der Waals surface area (Å²) in [7, 11) is 0. The smallest absolute Gasteiger partial charge is 0.113 e. The van der Waals surface area contributed by atoms with E-state index in [9.17, 15) is 0 Å². The van der Waals surface area contributed by atoms with Crippen LogP contribution >= 0.6 is 11.6 Å². The number of hydrogen-bond donors (Lipinski definition) is 1. The van der Waals surface area contributed by atoms with Crippen LogP contribution in [-0.2, 0) is 6.42 Å². The van der Waals surface area contributed by atoms with E-state index in [-0.39, 0.29) is 0 Å². The van der Waals surface area contributed by atoms with Crippen LogP contribution in [0.15, 0.2) is 55.8 Å². The van der Waals surface area contributed by atoms with Crippen molar-refractivity contribution >= 4 is 33.9 Å². The number of fused-ring (bicyclic) bond motifs is 1. The van der Waals surface area contributed by atoms with Gasteiger partial charge in [0.15, 0.2) is 0 Å². The Hall–Kier alpha value is -2.59. The second kappa shape index (κ2) is 6.89. The van der Waals surface area contributed by atoms with E-state index in [2.05, 4.69) is 47.8 Å². The lowest BCUT2D eigenvalue weighted by molar-refractivity contribution is 0.821. The summed E-state index contributed by atoms with van der Waals surface area (Å²) in [6, 6.07) is 12.0. The van der Waals surface area contributed by atoms with E-state index in [0.717, 1.165) is 40.0 Å². The van der Waals surface area contributed by atoms with Crippen molar-refractivity contribution < 1.29 is 0 Å². The van der Waals surface area contributed by atoms with Gasteiger partial charge in [0, 0.05) is 17.1 Å². The fourth-order valence-corrected chi connectivity index (χ4v) is 2.89. The normalized spacial score (nSPS) is 10.8. The molecule has 1 heterocycles. The number of anilines is 1. The predicted molar refractivity (Wildman–Crippen MR) is 102 cm³/mol. The number of alkyl halides is 1. The molecule has 0 saturated carbocycles. The van der Waals surface area contributed by atoms with Gasteiger partial charge in [-0.25, -0.2) is 4.68 Å². The molecular formula is C19H19ClN4. The highest BCUT2D eigenvalue weighted by Gasteiger charge is 2.15. The van der Waals surface area contributed by atoms with Crippen molar-refractivity contribution in [3.05, 3.63) is 66.9 Å². The number of aryl methyl sites for hydroxylation is 1. The molecule has 24 heavy (non-hydrogen) atoms. The summed E-state index contributed by atoms with van der Waals surface area (Å²) < 4.78 is 1.83. The number of allylic oxidation sites excluding steroid dienone is 1. The molecule has 0 unspecified atom stereocenters. The van der Waals surface area contributed by atoms with Crippen LogP contribution in [0, 0.1) is 0 Å². The lowest BCUT2D eigenvalue weighted by Gasteiger charge is -2.16. The fourth-order valence-electron chi connectivity index (χ4n) is 2.75. The van der Waals surface area contributed by atoms with Gasteiger partial charge in [0.05, 0.1) is 11.2 Å². The van der Waals surface area contributed by atoms with E-state index in [0.29, 0.717) is 5.88 Å². The first kappa shape index (κ1) is 16.3. The number of rotatable bonds is 6. The number of hydrogen-bond acceptors (Lipinski definition) is 3. The second-order valence-electron chi connectivity index (χ2n) is 5.46. The minimum Gasteiger partial charge on any atom is -0.362 e. The van der Waals surface area contributed by atoms with E-state index < -0.39 is 0 Å². The van der Waals surface area contributed by atoms with E-state index >= 15 is 0 Å². The summed E-state index contributed by atoms with van der Waals surface area (Å²) >= 11 is 6.06. The summed E-state index contributed by atoms with van der Waals surface area (Å²) in [6.45, 7) is 9.99. The van der Waals surface area contributed by atoms with Crippen LogP contribution in [0.1, 0.15) is 18.1 Å². The number of para-hydroxylation sites is 1. The first-order chi connectivity index (χ1) is 11.7. The molecule has 5 heteroatoms. The Morgan fingerprint density at radius 3 is 2.83 bits per heavy atom. The SMILES string of the molecule is C=CNc1cc(-n2nnc3ccccc32)c(C(=C)CCl)cc1CC. The maximum Gasteiger partial charge on any atom is 0.113 e. The van der Waals surface area contributed by atoms with Gasteiger partial charge < -0.3 is 5.32 Å². The minimum absolute atomic E-state index is 0.358. The molecule has 0 fully saturated rings. The van der Waals surface area contributed by atoms with E-state index in [1.165, 1.54) is 5.56 Å². The van der Waals surface area contributed by atoms with E-state index in [1.807, 2.05) is 28.9 Å². The molecule has 3 aromatic rings. The summed E-state index contributed by atoms with van der Waals surface area (Å²) in [6.07, 6.45) is 2.56. The van der Waals surface area contributed by atoms with Gasteiger partial charge in [-0.05, 0) is 48.0 Å². The Morgan fingerprint density at radius 1 is 1.33 bits per heavy atom. The molecule has 0 aliphatic rings. The van der Waals surface area contributed by atoms with Gasteiger partial charge in [0.2, 0.25) is 0 Å². The Labute approximate surface area is 146 Å². The molecule has 0 aliphatic carbocycles. The fraction of sp³-hybridized carbons (Fsp3) is 0.158. The molecule has 3 rings (SSSR count). The molecule has 0 bridgehead atoms. The molecule has 0 saturated heterocycles. The molecule has 0 aliphatic heterocycles. The highest BCUT2D eigenvalue weighted by atomic mass is 35.5. The van der Waals surface area contributed by atoms with Gasteiger partial charge in [-0.1, -0.05) is 37.4 Å². The summed E-state index contributed by atoms with van der Waals surface area (Å²) in [5.41, 5.74) is 6.68. The Kier molecular flexibility index (Phi) is 4.67. The van der Waals surface area contributed by atoms with Crippen LogP contribution in [0.25, 0.3) is 22.3 Å². The Balaban J connectivity index is 2.29. The maximum atomic E-state index is 6.06. The van der Waals surface area contributed by atoms with Crippen molar-refractivity contribution in [3.8, 4) is 5.69 Å². The largest absolute Gasteiger partial charge is 0.362 e. The van der Waals surface area contributed by atoms with Crippen molar-refractivity contribution in [1.29, 1.82) is 0 Å². The zero-order chi connectivity index (χ0) is 17.1. The average molecular weight is 339 g/mol. The minimum atomic E-state index is 0.358. The van der Waals surface area contributed by atoms with Gasteiger partial charge in [-0.15, -0.1) is 16.7 Å². The predicted octanol–water partition coefficient (Wildman–Crippen LogP) is 4.79. The summed E-state index contributed by atoms with van der Waals surface area (Å²) in [5, 5.41) is 11.8. The monoisotopic (exact) mass is 338 g/mol. The highest BCUT2D eigenvalue weighted by molar-refractivity contribution is 6.23. The molecule has 0 spiro atoms. The molecule has 4 nitrogen and oxygen atoms in total. The second-order valence-corrected chi connectivity index (χ2v) is 5.72. The molecular weight excluding hydrogens is 320 g/mol. The molecule has 122 valence electrons. The van der Waals surface area contributed by atoms with Gasteiger partial charge in [0.1, 0.15) is 5.52 Å². The number of benzene rings is 2. The highest BCUT2D eigenvalue weighted by Crippen LogP contribution is 2.31. The van der Waals surface area contributed by atoms with Crippen LogP contribution in [-0.4, -0.2) is 20.9 Å². The number of nitrogens with zero attached hydrogens (tertiary/aromatic N) is 3. The zero-order valence-corrected chi connectivity index (χ0v) is 14.3. The zero-order valence-electron chi connectivity index (χ0n) is 13.6. The lowest BCUT2D eigenvalue weighted by Crippen LogP contribution is -2.05. The molecule has 2 aromatic carbocycles. The summed E-state index contributed by atoms with van der Waals surface area (Å²) in [5.74, 6) is 0.358. The van der Waals surface area contributed by atoms with E-state index in [4.69, 9.17) is 11.6 Å². The molecule has 0 radical (unpaired) electrons. The molecule has 1 N–H and O–H groups in total. The third kappa shape index (κ3) is 2.81. The van der Waals surface area contributed by atoms with Crippen molar-refractivity contribution in [2.24, 2.45) is 0 Å². The molecule has 0 amide bonds. The topological polar surface area (TPSA) is 42.7 Å². The Morgan fingerprint density at radius 2 is 2.12 bits per heavy atom. The quantitative estimate of drug-likeness (QED) is 0.657. The van der Waals surface area contributed by atoms with Crippen molar-refractivity contribution in [2.75, 3.05) is 11.2 Å². The van der Waals surface area contributed by atoms with Crippen LogP contribution in [0.2, 0.25) is 0 Å². The first-order valence-corrected chi connectivity index (χ1v) is 8.32. The average Bonchev–Trinajstić information content (AvgIpc) is 3.05. The first-order valence-electron chi connectivity index (χ1n) is 7.78. The molecule has 1 aromatic heterocycles. The van der Waals surface area contributed by atoms with Crippen LogP contribution in [0.5, 0.6) is 0 Å². The van der Waals surface area contributed by atoms with Gasteiger partial charge in [0.25, 0.3) is 0 Å². The van der Waals surface area contributed by atoms with Crippen molar-refractivity contribution in [1.82, 2.24) is 15.0 Å². The Bertz CT molecular complexity index is 911. The van der Waals surface area contributed by atoms with Crippen LogP contribution in [0.3, 0.4) is 0 Å². The maximum absolute atomic E-state index is 6.06. The van der Waals surface area contributed by atoms with Gasteiger partial charge in [-0.3, -0.25) is 0 Å². The standard InChI is InChI=1S/C19H19ClN4/c1-4-14-10-15(13(3)12-20)19(11-17(14)21-5-2)24-18-9-7-6-8-16(18)22-23-24/h5-11,21H,2-4,12H2,1H3. The summed E-state index contributed by atoms with van der Waals surface area (Å²) in [4.78, 5) is 0. The van der Waals surface area contributed by atoms with Crippen molar-refractivity contribution in [3.63, 3.8) is 0 Å².